The summed E-state index contributed by atoms with van der Waals surface area (Å²) >= 11 is 5.09. The van der Waals surface area contributed by atoms with E-state index in [0.717, 1.165) is 11.8 Å². The zero-order chi connectivity index (χ0) is 21.7. The van der Waals surface area contributed by atoms with Crippen LogP contribution in [-0.4, -0.2) is 96.8 Å². The lowest BCUT2D eigenvalue weighted by Gasteiger charge is -2.05. The van der Waals surface area contributed by atoms with E-state index in [-0.39, 0.29) is 54.8 Å². The Labute approximate surface area is 190 Å². The number of ether oxygens (including phenoxy) is 2. The van der Waals surface area contributed by atoms with Crippen LogP contribution in [0.4, 0.5) is 0 Å². The molecule has 0 aliphatic heterocycles. The highest BCUT2D eigenvalue weighted by molar-refractivity contribution is 8.26. The van der Waals surface area contributed by atoms with Gasteiger partial charge in [0.05, 0.1) is 35.6 Å². The van der Waals surface area contributed by atoms with Crippen LogP contribution in [-0.2, 0) is 34.7 Å². The number of thioether (sulfide) groups is 4. The Morgan fingerprint density at radius 2 is 1.41 bits per heavy atom. The molecule has 0 aliphatic carbocycles. The first kappa shape index (κ1) is 29.1. The predicted octanol–water partition coefficient (Wildman–Crippen LogP) is 0.961. The number of carbonyl (C=O) groups is 3. The van der Waals surface area contributed by atoms with Gasteiger partial charge in [-0.1, -0.05) is 11.8 Å². The molecule has 13 heteroatoms. The van der Waals surface area contributed by atoms with E-state index in [2.05, 4.69) is 0 Å². The molecule has 0 aromatic heterocycles. The fraction of sp³-hybridized carbons (Fsp3) is 0.812. The first-order chi connectivity index (χ1) is 14.0. The molecule has 0 radical (unpaired) electrons. The van der Waals surface area contributed by atoms with E-state index < -0.39 is 16.8 Å². The van der Waals surface area contributed by atoms with Crippen LogP contribution in [0.5, 0.6) is 0 Å². The highest BCUT2D eigenvalue weighted by Gasteiger charge is 2.09. The Kier molecular flexibility index (Phi) is 21.4. The fourth-order valence-corrected chi connectivity index (χ4v) is 7.11. The quantitative estimate of drug-likeness (QED) is 0.146. The molecule has 0 saturated carbocycles. The molecule has 170 valence electrons. The monoisotopic (exact) mass is 508 g/mol. The van der Waals surface area contributed by atoms with Gasteiger partial charge in [0.1, 0.15) is 0 Å². The molecule has 0 amide bonds. The zero-order valence-corrected chi connectivity index (χ0v) is 20.2. The van der Waals surface area contributed by atoms with Crippen molar-refractivity contribution in [2.45, 2.75) is 12.8 Å². The summed E-state index contributed by atoms with van der Waals surface area (Å²) in [5.74, 6) is 0.813. The number of aliphatic hydroxyl groups excluding tert-OH is 2. The molecule has 0 bridgehead atoms. The van der Waals surface area contributed by atoms with Crippen LogP contribution in [0, 0.1) is 0 Å². The Bertz CT molecular complexity index is 492. The van der Waals surface area contributed by atoms with Gasteiger partial charge in [0.2, 0.25) is 0 Å². The van der Waals surface area contributed by atoms with Gasteiger partial charge in [0.25, 0.3) is 0 Å². The van der Waals surface area contributed by atoms with Crippen LogP contribution in [0.25, 0.3) is 0 Å². The molecule has 2 N–H and O–H groups in total. The molecular weight excluding hydrogens is 481 g/mol. The van der Waals surface area contributed by atoms with Gasteiger partial charge in [-0.3, -0.25) is 18.6 Å². The number of aliphatic hydroxyl groups is 2. The van der Waals surface area contributed by atoms with Crippen LogP contribution in [0.3, 0.4) is 0 Å². The van der Waals surface area contributed by atoms with Gasteiger partial charge < -0.3 is 19.7 Å². The molecule has 0 saturated heterocycles. The summed E-state index contributed by atoms with van der Waals surface area (Å²) in [5, 5.41) is 18.0. The van der Waals surface area contributed by atoms with Gasteiger partial charge in [-0.2, -0.15) is 0 Å². The Balaban J connectivity index is 3.52. The molecule has 1 unspecified atom stereocenters. The van der Waals surface area contributed by atoms with Crippen LogP contribution >= 0.6 is 47.0 Å². The summed E-state index contributed by atoms with van der Waals surface area (Å²) in [6.45, 7) is 0.347. The highest BCUT2D eigenvalue weighted by atomic mass is 32.2. The number of rotatable bonds is 19. The van der Waals surface area contributed by atoms with Gasteiger partial charge in [-0.25, -0.2) is 0 Å². The third-order valence-corrected chi connectivity index (χ3v) is 9.03. The first-order valence-electron chi connectivity index (χ1n) is 8.76. The van der Waals surface area contributed by atoms with Crippen molar-refractivity contribution in [1.82, 2.24) is 0 Å². The van der Waals surface area contributed by atoms with Crippen molar-refractivity contribution in [1.29, 1.82) is 0 Å². The highest BCUT2D eigenvalue weighted by Crippen LogP contribution is 2.17. The van der Waals surface area contributed by atoms with E-state index in [9.17, 15) is 18.6 Å². The van der Waals surface area contributed by atoms with Crippen molar-refractivity contribution in [3.8, 4) is 0 Å². The van der Waals surface area contributed by atoms with Crippen molar-refractivity contribution in [2.24, 2.45) is 0 Å². The first-order valence-corrected chi connectivity index (χ1v) is 14.7. The summed E-state index contributed by atoms with van der Waals surface area (Å²) in [6, 6.07) is 0. The van der Waals surface area contributed by atoms with Gasteiger partial charge in [-0.15, -0.1) is 35.3 Å². The number of esters is 2. The maximum absolute atomic E-state index is 11.9. The maximum atomic E-state index is 11.9. The molecule has 29 heavy (non-hydrogen) atoms. The van der Waals surface area contributed by atoms with Gasteiger partial charge >= 0.3 is 11.9 Å². The largest absolute Gasteiger partial charge is 0.465 e. The van der Waals surface area contributed by atoms with E-state index in [1.807, 2.05) is 0 Å². The smallest absolute Gasteiger partial charge is 0.315 e. The molecule has 0 rings (SSSR count). The number of carbonyl (C=O) groups excluding carboxylic acids is 3. The Morgan fingerprint density at radius 3 is 2.00 bits per heavy atom. The number of hydrogen-bond acceptors (Lipinski definition) is 12. The Morgan fingerprint density at radius 1 is 0.828 bits per heavy atom. The zero-order valence-electron chi connectivity index (χ0n) is 16.1. The normalized spacial score (nSPS) is 11.8. The minimum atomic E-state index is -1.02. The molecule has 0 aromatic carbocycles. The van der Waals surface area contributed by atoms with Crippen molar-refractivity contribution in [3.05, 3.63) is 0 Å². The van der Waals surface area contributed by atoms with E-state index in [4.69, 9.17) is 19.7 Å². The van der Waals surface area contributed by atoms with Crippen molar-refractivity contribution < 1.29 is 38.3 Å². The molecule has 0 aromatic rings. The van der Waals surface area contributed by atoms with Gasteiger partial charge in [0.15, 0.2) is 5.12 Å². The van der Waals surface area contributed by atoms with Crippen molar-refractivity contribution in [3.63, 3.8) is 0 Å². The van der Waals surface area contributed by atoms with Gasteiger partial charge in [-0.05, 0) is 0 Å². The van der Waals surface area contributed by atoms with Crippen LogP contribution in [0.1, 0.15) is 12.8 Å². The third-order valence-electron chi connectivity index (χ3n) is 2.76. The SMILES string of the molecule is O=C(CSCCS(=O)CSCSC(=O)CSCC(=O)OCCCO)OCCCO. The maximum Gasteiger partial charge on any atom is 0.315 e. The van der Waals surface area contributed by atoms with E-state index in [1.54, 1.807) is 0 Å². The topological polar surface area (TPSA) is 127 Å². The van der Waals surface area contributed by atoms with Crippen molar-refractivity contribution in [2.75, 3.05) is 65.4 Å². The molecule has 1 atom stereocenters. The predicted molar refractivity (Wildman–Crippen MR) is 123 cm³/mol. The molecular formula is C16H28O8S5. The van der Waals surface area contributed by atoms with Crippen LogP contribution < -0.4 is 0 Å². The standard InChI is InChI=1S/C16H28O8S5/c17-3-1-5-23-14(19)9-25-7-8-29(22)13-27-12-28-16(21)11-26-10-15(20)24-6-2-4-18/h17-18H,1-13H2. The lowest BCUT2D eigenvalue weighted by Crippen LogP contribution is -2.11. The molecule has 0 heterocycles. The summed E-state index contributed by atoms with van der Waals surface area (Å²) < 4.78 is 21.6. The second kappa shape index (κ2) is 21.3. The average molecular weight is 509 g/mol. The summed E-state index contributed by atoms with van der Waals surface area (Å²) in [7, 11) is -1.02. The number of hydrogen-bond donors (Lipinski definition) is 2. The van der Waals surface area contributed by atoms with Gasteiger partial charge in [0, 0.05) is 53.4 Å². The van der Waals surface area contributed by atoms with E-state index in [1.165, 1.54) is 35.3 Å². The van der Waals surface area contributed by atoms with E-state index >= 15 is 0 Å². The summed E-state index contributed by atoms with van der Waals surface area (Å²) in [4.78, 5) is 34.4. The summed E-state index contributed by atoms with van der Waals surface area (Å²) in [6.07, 6.45) is 0.829. The molecule has 0 spiro atoms. The minimum Gasteiger partial charge on any atom is -0.465 e. The van der Waals surface area contributed by atoms with Crippen LogP contribution in [0.15, 0.2) is 0 Å². The fourth-order valence-electron chi connectivity index (χ4n) is 1.44. The molecule has 0 aliphatic rings. The second-order valence-corrected chi connectivity index (χ2v) is 11.7. The molecule has 0 fully saturated rings. The lowest BCUT2D eigenvalue weighted by atomic mass is 10.5. The van der Waals surface area contributed by atoms with Crippen molar-refractivity contribution >= 4 is 74.9 Å². The average Bonchev–Trinajstić information content (AvgIpc) is 2.69. The summed E-state index contributed by atoms with van der Waals surface area (Å²) in [5.41, 5.74) is 0. The van der Waals surface area contributed by atoms with Crippen LogP contribution in [0.2, 0.25) is 0 Å². The second-order valence-electron chi connectivity index (χ2n) is 5.24. The Hall–Kier alpha value is 0.0800. The third kappa shape index (κ3) is 21.1. The minimum absolute atomic E-state index is 0.0133. The lowest BCUT2D eigenvalue weighted by molar-refractivity contribution is -0.141. The molecule has 8 nitrogen and oxygen atoms in total. The van der Waals surface area contributed by atoms with E-state index in [0.29, 0.717) is 34.5 Å².